The number of aromatic hydroxyl groups is 1. The predicted molar refractivity (Wildman–Crippen MR) is 58.3 cm³/mol. The summed E-state index contributed by atoms with van der Waals surface area (Å²) in [6.07, 6.45) is 1.21. The van der Waals surface area contributed by atoms with E-state index in [0.29, 0.717) is 12.8 Å². The summed E-state index contributed by atoms with van der Waals surface area (Å²) >= 11 is 1.66. The molecule has 0 radical (unpaired) electrons. The maximum atomic E-state index is 10.9. The first kappa shape index (κ1) is 10.4. The molecule has 1 aliphatic heterocycles. The molecule has 0 aromatic heterocycles. The molecule has 0 amide bonds. The fourth-order valence-electron chi connectivity index (χ4n) is 1.76. The molecule has 0 saturated heterocycles. The Morgan fingerprint density at radius 2 is 2.27 bits per heavy atom. The average molecular weight is 224 g/mol. The number of carbonyl (C=O) groups is 1. The molecule has 2 N–H and O–H groups in total. The van der Waals surface area contributed by atoms with Crippen molar-refractivity contribution >= 4 is 17.7 Å². The Morgan fingerprint density at radius 3 is 3.00 bits per heavy atom. The van der Waals surface area contributed by atoms with Gasteiger partial charge in [-0.05, 0) is 42.4 Å². The van der Waals surface area contributed by atoms with Crippen molar-refractivity contribution < 1.29 is 15.0 Å². The van der Waals surface area contributed by atoms with E-state index in [2.05, 4.69) is 0 Å². The first-order valence-electron chi connectivity index (χ1n) is 4.84. The summed E-state index contributed by atoms with van der Waals surface area (Å²) in [4.78, 5) is 12.0. The first-order chi connectivity index (χ1) is 7.16. The van der Waals surface area contributed by atoms with Gasteiger partial charge >= 0.3 is 5.97 Å². The molecule has 0 saturated carbocycles. The van der Waals surface area contributed by atoms with Crippen LogP contribution in [0.25, 0.3) is 0 Å². The molecule has 0 spiro atoms. The summed E-state index contributed by atoms with van der Waals surface area (Å²) in [6, 6.07) is 5.18. The number of aliphatic carboxylic acids is 1. The van der Waals surface area contributed by atoms with E-state index in [9.17, 15) is 9.90 Å². The normalized spacial score (nSPS) is 20.4. The van der Waals surface area contributed by atoms with E-state index in [4.69, 9.17) is 5.11 Å². The van der Waals surface area contributed by atoms with Crippen molar-refractivity contribution in [2.24, 2.45) is 5.92 Å². The van der Waals surface area contributed by atoms with Crippen LogP contribution in [0.3, 0.4) is 0 Å². The van der Waals surface area contributed by atoms with Gasteiger partial charge in [0.1, 0.15) is 5.75 Å². The number of hydrogen-bond donors (Lipinski definition) is 2. The van der Waals surface area contributed by atoms with Crippen LogP contribution in [0.15, 0.2) is 23.1 Å². The van der Waals surface area contributed by atoms with Crippen molar-refractivity contribution in [3.8, 4) is 5.75 Å². The molecule has 80 valence electrons. The maximum absolute atomic E-state index is 10.9. The van der Waals surface area contributed by atoms with Gasteiger partial charge in [-0.3, -0.25) is 4.79 Å². The van der Waals surface area contributed by atoms with E-state index in [0.717, 1.165) is 16.2 Å². The van der Waals surface area contributed by atoms with Gasteiger partial charge in [0.2, 0.25) is 0 Å². The SMILES string of the molecule is O=C(O)C1CCSc2ccc(O)cc2C1. The quantitative estimate of drug-likeness (QED) is 0.767. The van der Waals surface area contributed by atoms with Crippen LogP contribution in [0, 0.1) is 5.92 Å². The highest BCUT2D eigenvalue weighted by Gasteiger charge is 2.22. The number of carboxylic acid groups (broad SMARTS) is 1. The largest absolute Gasteiger partial charge is 0.508 e. The number of hydrogen-bond acceptors (Lipinski definition) is 3. The lowest BCUT2D eigenvalue weighted by Gasteiger charge is -2.08. The molecule has 3 nitrogen and oxygen atoms in total. The van der Waals surface area contributed by atoms with Crippen LogP contribution in [0.2, 0.25) is 0 Å². The summed E-state index contributed by atoms with van der Waals surface area (Å²) in [7, 11) is 0. The maximum Gasteiger partial charge on any atom is 0.306 e. The minimum Gasteiger partial charge on any atom is -0.508 e. The third kappa shape index (κ3) is 2.26. The number of phenols is 1. The minimum atomic E-state index is -0.744. The highest BCUT2D eigenvalue weighted by atomic mass is 32.2. The molecule has 15 heavy (non-hydrogen) atoms. The predicted octanol–water partition coefficient (Wildman–Crippen LogP) is 2.13. The second kappa shape index (κ2) is 4.14. The van der Waals surface area contributed by atoms with Crippen LogP contribution in [0.5, 0.6) is 5.75 Å². The summed E-state index contributed by atoms with van der Waals surface area (Å²) in [5.74, 6) is -0.0258. The zero-order chi connectivity index (χ0) is 10.8. The summed E-state index contributed by atoms with van der Waals surface area (Å²) < 4.78 is 0. The van der Waals surface area contributed by atoms with Crippen molar-refractivity contribution in [2.45, 2.75) is 17.7 Å². The molecule has 0 fully saturated rings. The van der Waals surface area contributed by atoms with Gasteiger partial charge in [-0.2, -0.15) is 0 Å². The zero-order valence-electron chi connectivity index (χ0n) is 8.14. The molecule has 4 heteroatoms. The Kier molecular flexibility index (Phi) is 2.86. The minimum absolute atomic E-state index is 0.209. The van der Waals surface area contributed by atoms with Crippen LogP contribution in [-0.4, -0.2) is 21.9 Å². The lowest BCUT2D eigenvalue weighted by molar-refractivity contribution is -0.141. The number of phenolic OH excluding ortho intramolecular Hbond substituents is 1. The highest BCUT2D eigenvalue weighted by molar-refractivity contribution is 7.99. The van der Waals surface area contributed by atoms with Gasteiger partial charge < -0.3 is 10.2 Å². The van der Waals surface area contributed by atoms with Gasteiger partial charge in [0, 0.05) is 4.90 Å². The zero-order valence-corrected chi connectivity index (χ0v) is 8.96. The Bertz CT molecular complexity index is 389. The molecule has 1 aliphatic rings. The van der Waals surface area contributed by atoms with Crippen molar-refractivity contribution in [3.05, 3.63) is 23.8 Å². The summed E-state index contributed by atoms with van der Waals surface area (Å²) in [6.45, 7) is 0. The van der Waals surface area contributed by atoms with E-state index in [1.165, 1.54) is 0 Å². The molecular formula is C11H12O3S. The van der Waals surface area contributed by atoms with Crippen molar-refractivity contribution in [2.75, 3.05) is 5.75 Å². The molecular weight excluding hydrogens is 212 g/mol. The molecule has 1 heterocycles. The monoisotopic (exact) mass is 224 g/mol. The van der Waals surface area contributed by atoms with Gasteiger partial charge in [0.05, 0.1) is 5.92 Å². The third-order valence-electron chi connectivity index (χ3n) is 2.58. The lowest BCUT2D eigenvalue weighted by atomic mass is 9.97. The van der Waals surface area contributed by atoms with E-state index >= 15 is 0 Å². The van der Waals surface area contributed by atoms with E-state index < -0.39 is 5.97 Å². The molecule has 1 unspecified atom stereocenters. The molecule has 1 aromatic rings. The van der Waals surface area contributed by atoms with E-state index in [-0.39, 0.29) is 11.7 Å². The van der Waals surface area contributed by atoms with Crippen LogP contribution in [0.1, 0.15) is 12.0 Å². The number of fused-ring (bicyclic) bond motifs is 1. The second-order valence-electron chi connectivity index (χ2n) is 3.67. The Morgan fingerprint density at radius 1 is 1.47 bits per heavy atom. The van der Waals surface area contributed by atoms with Gasteiger partial charge in [-0.15, -0.1) is 11.8 Å². The number of carboxylic acids is 1. The molecule has 0 bridgehead atoms. The smallest absolute Gasteiger partial charge is 0.306 e. The topological polar surface area (TPSA) is 57.5 Å². The van der Waals surface area contributed by atoms with E-state index in [1.807, 2.05) is 6.07 Å². The molecule has 1 atom stereocenters. The number of thioether (sulfide) groups is 1. The molecule has 0 aliphatic carbocycles. The Balaban J connectivity index is 2.31. The Hall–Kier alpha value is -1.16. The fraction of sp³-hybridized carbons (Fsp3) is 0.364. The van der Waals surface area contributed by atoms with Crippen LogP contribution in [0.4, 0.5) is 0 Å². The summed E-state index contributed by atoms with van der Waals surface area (Å²) in [5.41, 5.74) is 0.949. The third-order valence-corrected chi connectivity index (χ3v) is 3.73. The molecule has 1 aromatic carbocycles. The number of benzene rings is 1. The first-order valence-corrected chi connectivity index (χ1v) is 5.83. The lowest BCUT2D eigenvalue weighted by Crippen LogP contribution is -2.16. The van der Waals surface area contributed by atoms with Gasteiger partial charge in [0.15, 0.2) is 0 Å². The van der Waals surface area contributed by atoms with Gasteiger partial charge in [-0.1, -0.05) is 0 Å². The van der Waals surface area contributed by atoms with Crippen LogP contribution in [-0.2, 0) is 11.2 Å². The van der Waals surface area contributed by atoms with Crippen molar-refractivity contribution in [1.29, 1.82) is 0 Å². The number of rotatable bonds is 1. The Labute approximate surface area is 92.1 Å². The van der Waals surface area contributed by atoms with Gasteiger partial charge in [-0.25, -0.2) is 0 Å². The highest BCUT2D eigenvalue weighted by Crippen LogP contribution is 2.33. The fourth-order valence-corrected chi connectivity index (χ4v) is 2.87. The van der Waals surface area contributed by atoms with Crippen molar-refractivity contribution in [3.63, 3.8) is 0 Å². The van der Waals surface area contributed by atoms with E-state index in [1.54, 1.807) is 23.9 Å². The average Bonchev–Trinajstić information content (AvgIpc) is 2.39. The van der Waals surface area contributed by atoms with Crippen LogP contribution < -0.4 is 0 Å². The van der Waals surface area contributed by atoms with Gasteiger partial charge in [0.25, 0.3) is 0 Å². The van der Waals surface area contributed by atoms with Crippen LogP contribution >= 0.6 is 11.8 Å². The standard InChI is InChI=1S/C11H12O3S/c12-9-1-2-10-8(6-9)5-7(11(13)14)3-4-15-10/h1-2,6-7,12H,3-5H2,(H,13,14). The summed E-state index contributed by atoms with van der Waals surface area (Å²) in [5, 5.41) is 18.3. The second-order valence-corrected chi connectivity index (χ2v) is 4.81. The van der Waals surface area contributed by atoms with Crippen molar-refractivity contribution in [1.82, 2.24) is 0 Å². The molecule has 2 rings (SSSR count).